The number of quaternary nitrogens is 1. The monoisotopic (exact) mass is 371 g/mol. The smallest absolute Gasteiger partial charge is 0.264 e. The molecule has 0 saturated carbocycles. The lowest BCUT2D eigenvalue weighted by Crippen LogP contribution is -3.11. The average Bonchev–Trinajstić information content (AvgIpc) is 2.91. The molecule has 2 aromatic carbocycles. The van der Waals surface area contributed by atoms with Gasteiger partial charge in [-0.25, -0.2) is 8.42 Å². The summed E-state index contributed by atoms with van der Waals surface area (Å²) in [4.78, 5) is 1.88. The maximum Gasteiger partial charge on any atom is 0.264 e. The number of hydrogen-bond acceptors (Lipinski definition) is 2. The van der Waals surface area contributed by atoms with E-state index in [2.05, 4.69) is 20.0 Å². The zero-order valence-corrected chi connectivity index (χ0v) is 16.7. The molecule has 1 saturated heterocycles. The first-order valence-electron chi connectivity index (χ1n) is 9.32. The van der Waals surface area contributed by atoms with Gasteiger partial charge in [0.25, 0.3) is 10.0 Å². The molecular weight excluding hydrogens is 344 g/mol. The minimum Gasteiger partial charge on any atom is -0.337 e. The summed E-state index contributed by atoms with van der Waals surface area (Å²) in [5.74, 6) is 0.278. The fourth-order valence-electron chi connectivity index (χ4n) is 4.45. The number of benzene rings is 2. The first-order chi connectivity index (χ1) is 12.3. The molecule has 2 aromatic rings. The summed E-state index contributed by atoms with van der Waals surface area (Å²) in [7, 11) is -1.37. The van der Waals surface area contributed by atoms with Crippen molar-refractivity contribution in [1.29, 1.82) is 0 Å². The average molecular weight is 372 g/mol. The van der Waals surface area contributed by atoms with Crippen LogP contribution in [0.3, 0.4) is 0 Å². The molecule has 2 aliphatic heterocycles. The van der Waals surface area contributed by atoms with Crippen LogP contribution in [0, 0.1) is 20.8 Å². The number of nitrogens with zero attached hydrogens (tertiary/aromatic N) is 1. The van der Waals surface area contributed by atoms with Crippen molar-refractivity contribution in [1.82, 2.24) is 0 Å². The lowest BCUT2D eigenvalue weighted by atomic mass is 9.89. The van der Waals surface area contributed by atoms with Gasteiger partial charge < -0.3 is 4.90 Å². The maximum absolute atomic E-state index is 13.6. The van der Waals surface area contributed by atoms with Gasteiger partial charge >= 0.3 is 0 Å². The van der Waals surface area contributed by atoms with Crippen LogP contribution < -0.4 is 9.21 Å². The van der Waals surface area contributed by atoms with Gasteiger partial charge in [-0.1, -0.05) is 23.8 Å². The number of rotatable bonds is 2. The molecule has 0 aliphatic carbocycles. The minimum atomic E-state index is -3.57. The zero-order chi connectivity index (χ0) is 18.6. The zero-order valence-electron chi connectivity index (χ0n) is 15.9. The summed E-state index contributed by atoms with van der Waals surface area (Å²) in [5.41, 5.74) is 5.39. The highest BCUT2D eigenvalue weighted by Crippen LogP contribution is 2.45. The molecule has 0 radical (unpaired) electrons. The quantitative estimate of drug-likeness (QED) is 0.879. The van der Waals surface area contributed by atoms with E-state index in [9.17, 15) is 8.42 Å². The van der Waals surface area contributed by atoms with E-state index in [4.69, 9.17) is 0 Å². The topological polar surface area (TPSA) is 41.8 Å². The van der Waals surface area contributed by atoms with Crippen LogP contribution in [0.4, 0.5) is 5.69 Å². The standard InChI is InChI=1S/C21H26N2O2S/c1-14-5-8-20-18(11-14)19-13-22(4)10-9-21(19)23(20)26(24,25)17-7-6-15(2)16(3)12-17/h5-8,11-12,19,21H,9-10,13H2,1-4H3/p+1/t19-,21-/m0/s1. The van der Waals surface area contributed by atoms with Crippen LogP contribution >= 0.6 is 0 Å². The molecule has 4 nitrogen and oxygen atoms in total. The highest BCUT2D eigenvalue weighted by atomic mass is 32.2. The van der Waals surface area contributed by atoms with Gasteiger partial charge in [-0.2, -0.15) is 0 Å². The third-order valence-electron chi connectivity index (χ3n) is 6.06. The predicted octanol–water partition coefficient (Wildman–Crippen LogP) is 2.19. The number of likely N-dealkylation sites (N-methyl/N-ethyl adjacent to an activating group) is 1. The molecule has 2 aliphatic rings. The van der Waals surface area contributed by atoms with E-state index >= 15 is 0 Å². The molecule has 1 fully saturated rings. The lowest BCUT2D eigenvalue weighted by Gasteiger charge is -2.34. The molecule has 1 N–H and O–H groups in total. The molecule has 4 rings (SSSR count). The van der Waals surface area contributed by atoms with E-state index in [0.717, 1.165) is 36.3 Å². The Bertz CT molecular complexity index is 968. The van der Waals surface area contributed by atoms with Crippen LogP contribution in [0.2, 0.25) is 0 Å². The summed E-state index contributed by atoms with van der Waals surface area (Å²) in [6.45, 7) is 8.05. The normalized spacial score (nSPS) is 25.1. The fourth-order valence-corrected chi connectivity index (χ4v) is 6.28. The molecule has 1 unspecified atom stereocenters. The van der Waals surface area contributed by atoms with E-state index in [-0.39, 0.29) is 12.0 Å². The molecular formula is C21H27N2O2S+. The Kier molecular flexibility index (Phi) is 4.12. The minimum absolute atomic E-state index is 0.0297. The highest BCUT2D eigenvalue weighted by molar-refractivity contribution is 7.92. The second-order valence-electron chi connectivity index (χ2n) is 7.98. The third-order valence-corrected chi connectivity index (χ3v) is 7.89. The Morgan fingerprint density at radius 1 is 1.04 bits per heavy atom. The largest absolute Gasteiger partial charge is 0.337 e. The summed E-state index contributed by atoms with van der Waals surface area (Å²) >= 11 is 0. The highest BCUT2D eigenvalue weighted by Gasteiger charge is 2.48. The van der Waals surface area contributed by atoms with Crippen molar-refractivity contribution in [3.63, 3.8) is 0 Å². The molecule has 0 aromatic heterocycles. The van der Waals surface area contributed by atoms with Crippen molar-refractivity contribution in [2.24, 2.45) is 0 Å². The molecule has 2 heterocycles. The van der Waals surface area contributed by atoms with Crippen LogP contribution in [0.1, 0.15) is 34.6 Å². The van der Waals surface area contributed by atoms with Crippen LogP contribution in [-0.4, -0.2) is 34.6 Å². The van der Waals surface area contributed by atoms with Crippen molar-refractivity contribution in [3.8, 4) is 0 Å². The van der Waals surface area contributed by atoms with Gasteiger partial charge in [-0.15, -0.1) is 0 Å². The number of nitrogens with one attached hydrogen (secondary N) is 1. The van der Waals surface area contributed by atoms with Crippen molar-refractivity contribution >= 4 is 15.7 Å². The Hall–Kier alpha value is -1.85. The van der Waals surface area contributed by atoms with Gasteiger partial charge in [0.2, 0.25) is 0 Å². The van der Waals surface area contributed by atoms with Crippen molar-refractivity contribution in [2.45, 2.75) is 44.0 Å². The second kappa shape index (κ2) is 6.10. The van der Waals surface area contributed by atoms with E-state index in [0.29, 0.717) is 4.90 Å². The number of hydrogen-bond donors (Lipinski definition) is 1. The summed E-state index contributed by atoms with van der Waals surface area (Å²) in [5, 5.41) is 0. The van der Waals surface area contributed by atoms with Gasteiger partial charge in [-0.3, -0.25) is 4.31 Å². The second-order valence-corrected chi connectivity index (χ2v) is 9.80. The van der Waals surface area contributed by atoms with E-state index in [1.165, 1.54) is 16.0 Å². The molecule has 0 spiro atoms. The molecule has 26 heavy (non-hydrogen) atoms. The van der Waals surface area contributed by atoms with Gasteiger partial charge in [0.15, 0.2) is 0 Å². The lowest BCUT2D eigenvalue weighted by molar-refractivity contribution is -0.886. The van der Waals surface area contributed by atoms with Crippen molar-refractivity contribution in [2.75, 3.05) is 24.4 Å². The number of fused-ring (bicyclic) bond motifs is 3. The van der Waals surface area contributed by atoms with Gasteiger partial charge in [0, 0.05) is 6.42 Å². The Labute approximate surface area is 156 Å². The van der Waals surface area contributed by atoms with Crippen LogP contribution in [0.5, 0.6) is 0 Å². The van der Waals surface area contributed by atoms with E-state index < -0.39 is 10.0 Å². The van der Waals surface area contributed by atoms with Crippen LogP contribution in [0.25, 0.3) is 0 Å². The SMILES string of the molecule is Cc1ccc2c(c1)[C@@H]1C[NH+](C)CC[C@@H]1N2S(=O)(=O)c1ccc(C)c(C)c1. The summed E-state index contributed by atoms with van der Waals surface area (Å²) in [6, 6.07) is 11.7. The van der Waals surface area contributed by atoms with Crippen LogP contribution in [-0.2, 0) is 10.0 Å². The Morgan fingerprint density at radius 3 is 2.54 bits per heavy atom. The maximum atomic E-state index is 13.6. The molecule has 0 amide bonds. The van der Waals surface area contributed by atoms with Gasteiger partial charge in [0.1, 0.15) is 0 Å². The molecule has 0 bridgehead atoms. The first-order valence-corrected chi connectivity index (χ1v) is 10.8. The van der Waals surface area contributed by atoms with E-state index in [1.54, 1.807) is 10.4 Å². The Balaban J connectivity index is 1.86. The summed E-state index contributed by atoms with van der Waals surface area (Å²) in [6.07, 6.45) is 0.897. The van der Waals surface area contributed by atoms with E-state index in [1.807, 2.05) is 38.1 Å². The first kappa shape index (κ1) is 17.6. The predicted molar refractivity (Wildman–Crippen MR) is 105 cm³/mol. The molecule has 5 heteroatoms. The number of sulfonamides is 1. The number of aryl methyl sites for hydroxylation is 3. The van der Waals surface area contributed by atoms with Gasteiger partial charge in [-0.05, 0) is 55.7 Å². The Morgan fingerprint density at radius 2 is 1.81 bits per heavy atom. The number of likely N-dealkylation sites (tertiary alicyclic amines) is 1. The summed E-state index contributed by atoms with van der Waals surface area (Å²) < 4.78 is 28.9. The van der Waals surface area contributed by atoms with Gasteiger partial charge in [0.05, 0.1) is 42.7 Å². The van der Waals surface area contributed by atoms with Crippen molar-refractivity contribution in [3.05, 3.63) is 58.7 Å². The van der Waals surface area contributed by atoms with Crippen LogP contribution in [0.15, 0.2) is 41.3 Å². The molecule has 3 atom stereocenters. The number of anilines is 1. The third kappa shape index (κ3) is 2.65. The number of piperidine rings is 1. The fraction of sp³-hybridized carbons (Fsp3) is 0.429. The van der Waals surface area contributed by atoms with Crippen molar-refractivity contribution < 1.29 is 13.3 Å². The molecule has 138 valence electrons.